The fourth-order valence-corrected chi connectivity index (χ4v) is 1.85. The molecule has 0 aliphatic carbocycles. The molecule has 0 fully saturated rings. The summed E-state index contributed by atoms with van der Waals surface area (Å²) in [4.78, 5) is 10.9. The fourth-order valence-electron chi connectivity index (χ4n) is 1.85. The van der Waals surface area contributed by atoms with Crippen LogP contribution in [0.15, 0.2) is 30.3 Å². The highest BCUT2D eigenvalue weighted by Crippen LogP contribution is 2.35. The lowest BCUT2D eigenvalue weighted by atomic mass is 10.1. The molecule has 140 valence electrons. The minimum atomic E-state index is -5.40. The van der Waals surface area contributed by atoms with Gasteiger partial charge in [-0.05, 0) is 24.3 Å². The molecule has 0 saturated carbocycles. The first-order valence-electron chi connectivity index (χ1n) is 6.46. The fraction of sp³-hybridized carbons (Fsp3) is 0.133. The number of alkyl halides is 5. The van der Waals surface area contributed by atoms with Crippen LogP contribution in [0.1, 0.15) is 15.9 Å². The van der Waals surface area contributed by atoms with E-state index in [-0.39, 0.29) is 24.3 Å². The molecule has 2 aromatic rings. The maximum Gasteiger partial charge on any atom is 0.454 e. The normalized spacial score (nSPS) is 12.2. The lowest BCUT2D eigenvalue weighted by Crippen LogP contribution is -2.25. The molecule has 0 unspecified atom stereocenters. The minimum absolute atomic E-state index is 0.0324. The molecule has 26 heavy (non-hydrogen) atoms. The van der Waals surface area contributed by atoms with Crippen LogP contribution in [0, 0.1) is 23.3 Å². The van der Waals surface area contributed by atoms with Gasteiger partial charge in [0.1, 0.15) is 17.1 Å². The molecule has 0 heterocycles. The second-order valence-electron chi connectivity index (χ2n) is 4.81. The van der Waals surface area contributed by atoms with E-state index in [0.29, 0.717) is 6.07 Å². The topological polar surface area (TPSA) is 26.3 Å². The van der Waals surface area contributed by atoms with Crippen LogP contribution < -0.4 is 4.74 Å². The number of hydrogen-bond acceptors (Lipinski definition) is 2. The molecule has 0 aliphatic heterocycles. The third-order valence-electron chi connectivity index (χ3n) is 3.04. The Morgan fingerprint density at radius 1 is 0.808 bits per heavy atom. The monoisotopic (exact) mass is 388 g/mol. The van der Waals surface area contributed by atoms with E-state index < -0.39 is 58.2 Å². The molecule has 2 rings (SSSR count). The molecule has 2 nitrogen and oxygen atoms in total. The lowest BCUT2D eigenvalue weighted by Gasteiger charge is -2.19. The van der Waals surface area contributed by atoms with Crippen molar-refractivity contribution in [2.75, 3.05) is 0 Å². The van der Waals surface area contributed by atoms with Gasteiger partial charge in [-0.3, -0.25) is 4.79 Å². The zero-order valence-electron chi connectivity index (χ0n) is 12.1. The van der Waals surface area contributed by atoms with Gasteiger partial charge in [0, 0.05) is 6.07 Å². The van der Waals surface area contributed by atoms with Gasteiger partial charge < -0.3 is 4.74 Å². The van der Waals surface area contributed by atoms with E-state index in [9.17, 15) is 44.3 Å². The number of carbonyl (C=O) groups excluding carboxylic acids is 1. The van der Waals surface area contributed by atoms with Gasteiger partial charge in [0.15, 0.2) is 17.5 Å². The maximum absolute atomic E-state index is 13.9. The second kappa shape index (κ2) is 6.54. The number of halogens is 9. The SMILES string of the molecule is O=C(c1ccc(OC(F)(F)c2ccc(F)c(F)c2F)cc1F)C(F)(F)F. The van der Waals surface area contributed by atoms with Gasteiger partial charge in [0.05, 0.1) is 5.56 Å². The minimum Gasteiger partial charge on any atom is -0.429 e. The van der Waals surface area contributed by atoms with Crippen LogP contribution in [0.3, 0.4) is 0 Å². The van der Waals surface area contributed by atoms with E-state index >= 15 is 0 Å². The van der Waals surface area contributed by atoms with E-state index in [4.69, 9.17) is 0 Å². The second-order valence-corrected chi connectivity index (χ2v) is 4.81. The average Bonchev–Trinajstić information content (AvgIpc) is 2.50. The molecule has 0 amide bonds. The molecule has 0 N–H and O–H groups in total. The van der Waals surface area contributed by atoms with E-state index in [1.165, 1.54) is 0 Å². The maximum atomic E-state index is 13.9. The first kappa shape index (κ1) is 19.6. The first-order chi connectivity index (χ1) is 11.8. The van der Waals surface area contributed by atoms with Crippen LogP contribution in [0.5, 0.6) is 5.75 Å². The molecule has 0 aromatic heterocycles. The summed E-state index contributed by atoms with van der Waals surface area (Å²) < 4.78 is 121. The number of Topliss-reactive ketones (excluding diaryl/α,β-unsaturated/α-hetero) is 1. The Kier molecular flexibility index (Phi) is 4.93. The standard InChI is InChI=1S/C15H5F9O2/c16-9-4-3-8(11(18)12(9)19)15(23,24)26-6-1-2-7(10(17)5-6)13(25)14(20,21)22/h1-5H. The summed E-state index contributed by atoms with van der Waals surface area (Å²) in [5, 5.41) is 0. The van der Waals surface area contributed by atoms with Crippen LogP contribution in [0.25, 0.3) is 0 Å². The van der Waals surface area contributed by atoms with E-state index in [0.717, 1.165) is 0 Å². The van der Waals surface area contributed by atoms with Crippen molar-refractivity contribution in [3.8, 4) is 5.75 Å². The third kappa shape index (κ3) is 3.75. The highest BCUT2D eigenvalue weighted by molar-refractivity contribution is 6.00. The molecule has 0 atom stereocenters. The van der Waals surface area contributed by atoms with Gasteiger partial charge in [-0.15, -0.1) is 0 Å². The Morgan fingerprint density at radius 2 is 1.42 bits per heavy atom. The summed E-state index contributed by atoms with van der Waals surface area (Å²) in [5.74, 6) is -11.7. The van der Waals surface area contributed by atoms with Gasteiger partial charge in [0.25, 0.3) is 5.78 Å². The van der Waals surface area contributed by atoms with E-state index in [1.54, 1.807) is 0 Å². The van der Waals surface area contributed by atoms with E-state index in [1.807, 2.05) is 0 Å². The number of carbonyl (C=O) groups is 1. The Bertz CT molecular complexity index is 859. The molecule has 0 aliphatic rings. The molecule has 11 heteroatoms. The molecule has 0 bridgehead atoms. The summed E-state index contributed by atoms with van der Waals surface area (Å²) in [6.07, 6.45) is -10.0. The van der Waals surface area contributed by atoms with E-state index in [2.05, 4.69) is 4.74 Å². The van der Waals surface area contributed by atoms with Gasteiger partial charge in [-0.2, -0.15) is 22.0 Å². The summed E-state index contributed by atoms with van der Waals surface area (Å²) in [7, 11) is 0. The van der Waals surface area contributed by atoms with Gasteiger partial charge in [-0.25, -0.2) is 17.6 Å². The summed E-state index contributed by atoms with van der Waals surface area (Å²) in [6, 6.07) is 1.03. The molecule has 2 aromatic carbocycles. The van der Waals surface area contributed by atoms with Crippen LogP contribution >= 0.6 is 0 Å². The van der Waals surface area contributed by atoms with Crippen LogP contribution in [0.2, 0.25) is 0 Å². The number of rotatable bonds is 4. The predicted octanol–water partition coefficient (Wildman–Crippen LogP) is 5.12. The van der Waals surface area contributed by atoms with Crippen molar-refractivity contribution in [3.63, 3.8) is 0 Å². The molecule has 0 saturated heterocycles. The third-order valence-corrected chi connectivity index (χ3v) is 3.04. The molecular formula is C15H5F9O2. The van der Waals surface area contributed by atoms with Crippen molar-refractivity contribution in [1.82, 2.24) is 0 Å². The molecule has 0 spiro atoms. The zero-order chi connectivity index (χ0) is 19.9. The molecular weight excluding hydrogens is 383 g/mol. The highest BCUT2D eigenvalue weighted by atomic mass is 19.4. The molecule has 0 radical (unpaired) electrons. The Morgan fingerprint density at radius 3 is 1.96 bits per heavy atom. The van der Waals surface area contributed by atoms with Gasteiger partial charge in [0.2, 0.25) is 0 Å². The van der Waals surface area contributed by atoms with Crippen molar-refractivity contribution in [3.05, 3.63) is 64.7 Å². The lowest BCUT2D eigenvalue weighted by molar-refractivity contribution is -0.187. The smallest absolute Gasteiger partial charge is 0.429 e. The number of hydrogen-bond donors (Lipinski definition) is 0. The van der Waals surface area contributed by atoms with Crippen LogP contribution in [-0.4, -0.2) is 12.0 Å². The predicted molar refractivity (Wildman–Crippen MR) is 67.6 cm³/mol. The quantitative estimate of drug-likeness (QED) is 0.413. The van der Waals surface area contributed by atoms with Crippen molar-refractivity contribution >= 4 is 5.78 Å². The summed E-state index contributed by atoms with van der Waals surface area (Å²) in [6.45, 7) is 0. The van der Waals surface area contributed by atoms with Crippen molar-refractivity contribution in [1.29, 1.82) is 0 Å². The van der Waals surface area contributed by atoms with Crippen molar-refractivity contribution in [2.45, 2.75) is 12.3 Å². The zero-order valence-corrected chi connectivity index (χ0v) is 12.1. The van der Waals surface area contributed by atoms with Gasteiger partial charge >= 0.3 is 12.3 Å². The summed E-state index contributed by atoms with van der Waals surface area (Å²) in [5.41, 5.74) is -3.18. The Balaban J connectivity index is 2.35. The van der Waals surface area contributed by atoms with Crippen molar-refractivity contribution in [2.24, 2.45) is 0 Å². The number of benzene rings is 2. The van der Waals surface area contributed by atoms with Crippen LogP contribution in [-0.2, 0) is 6.11 Å². The van der Waals surface area contributed by atoms with Crippen molar-refractivity contribution < 1.29 is 49.0 Å². The highest BCUT2D eigenvalue weighted by Gasteiger charge is 2.42. The average molecular weight is 388 g/mol. The Hall–Kier alpha value is -2.72. The number of ketones is 1. The Labute approximate surface area is 138 Å². The first-order valence-corrected chi connectivity index (χ1v) is 6.46. The van der Waals surface area contributed by atoms with Crippen LogP contribution in [0.4, 0.5) is 39.5 Å². The largest absolute Gasteiger partial charge is 0.454 e. The summed E-state index contributed by atoms with van der Waals surface area (Å²) >= 11 is 0. The number of ether oxygens (including phenoxy) is 1. The van der Waals surface area contributed by atoms with Gasteiger partial charge in [-0.1, -0.05) is 0 Å².